The molecule has 4 N–H and O–H groups in total. The second kappa shape index (κ2) is 13.1. The van der Waals surface area contributed by atoms with Crippen molar-refractivity contribution in [1.82, 2.24) is 18.5 Å². The summed E-state index contributed by atoms with van der Waals surface area (Å²) < 4.78 is 7.67. The van der Waals surface area contributed by atoms with Gasteiger partial charge in [-0.15, -0.1) is 0 Å². The third kappa shape index (κ3) is 7.50. The standard InChI is InChI=1S/C25H18I3N7O3/c1-14(38-28)15-2-8-18(9-3-15)29-23-32-24(30-19-10-4-16(5-11-19)21(26)36)34-25(33-23)31-20-12-6-17(7-13-20)22(37)35-27/h2-13H,1H2,(H,35,37)(H3,29,30,31,32,33,34). The SMILES string of the molecule is C=C(OI)c1ccc(Nc2nc(Nc3ccc(C(=O)I)cc3)nc(Nc3ccc(C(=O)NI)cc3)n2)cc1. The molecule has 0 spiro atoms. The minimum atomic E-state index is -0.190. The van der Waals surface area contributed by atoms with E-state index in [9.17, 15) is 9.59 Å². The molecule has 1 aromatic heterocycles. The third-order valence-electron chi connectivity index (χ3n) is 5.05. The first kappa shape index (κ1) is 28.0. The Morgan fingerprint density at radius 3 is 1.37 bits per heavy atom. The van der Waals surface area contributed by atoms with Crippen LogP contribution in [0.15, 0.2) is 79.4 Å². The number of benzene rings is 3. The smallest absolute Gasteiger partial charge is 0.259 e. The molecular weight excluding hydrogens is 827 g/mol. The van der Waals surface area contributed by atoms with Crippen molar-refractivity contribution in [2.45, 2.75) is 0 Å². The molecule has 13 heteroatoms. The summed E-state index contributed by atoms with van der Waals surface area (Å²) in [4.78, 5) is 36.9. The van der Waals surface area contributed by atoms with Gasteiger partial charge in [0.05, 0.1) is 22.9 Å². The van der Waals surface area contributed by atoms with Crippen LogP contribution in [0.25, 0.3) is 5.76 Å². The maximum Gasteiger partial charge on any atom is 0.259 e. The van der Waals surface area contributed by atoms with E-state index in [2.05, 4.69) is 41.0 Å². The molecule has 0 bridgehead atoms. The minimum Gasteiger partial charge on any atom is -0.428 e. The van der Waals surface area contributed by atoms with Crippen molar-refractivity contribution in [1.29, 1.82) is 0 Å². The van der Waals surface area contributed by atoms with Gasteiger partial charge in [0.2, 0.25) is 21.6 Å². The average molecular weight is 845 g/mol. The Morgan fingerprint density at radius 2 is 1.03 bits per heavy atom. The van der Waals surface area contributed by atoms with Gasteiger partial charge < -0.3 is 19.0 Å². The van der Waals surface area contributed by atoms with Crippen LogP contribution in [0.2, 0.25) is 0 Å². The molecule has 38 heavy (non-hydrogen) atoms. The number of nitrogens with zero attached hydrogens (tertiary/aromatic N) is 3. The van der Waals surface area contributed by atoms with Crippen molar-refractivity contribution in [3.8, 4) is 0 Å². The number of carbonyl (C=O) groups excluding carboxylic acids is 2. The lowest BCUT2D eigenvalue weighted by Gasteiger charge is -2.12. The molecule has 0 saturated carbocycles. The predicted octanol–water partition coefficient (Wildman–Crippen LogP) is 7.09. The zero-order chi connectivity index (χ0) is 27.1. The fourth-order valence-electron chi connectivity index (χ4n) is 3.16. The van der Waals surface area contributed by atoms with Crippen molar-refractivity contribution in [3.63, 3.8) is 0 Å². The van der Waals surface area contributed by atoms with E-state index in [4.69, 9.17) is 3.07 Å². The van der Waals surface area contributed by atoms with Crippen LogP contribution in [0.3, 0.4) is 0 Å². The second-order valence-corrected chi connectivity index (χ2v) is 9.57. The monoisotopic (exact) mass is 845 g/mol. The van der Waals surface area contributed by atoms with Crippen molar-refractivity contribution in [2.75, 3.05) is 16.0 Å². The molecule has 10 nitrogen and oxygen atoms in total. The zero-order valence-corrected chi connectivity index (χ0v) is 25.8. The number of anilines is 6. The van der Waals surface area contributed by atoms with Crippen molar-refractivity contribution in [2.24, 2.45) is 0 Å². The molecule has 0 aliphatic carbocycles. The van der Waals surface area contributed by atoms with Gasteiger partial charge in [-0.3, -0.25) is 13.1 Å². The first-order valence-electron chi connectivity index (χ1n) is 10.8. The second-order valence-electron chi connectivity index (χ2n) is 7.61. The van der Waals surface area contributed by atoms with Crippen LogP contribution < -0.4 is 19.5 Å². The van der Waals surface area contributed by atoms with Crippen molar-refractivity contribution >= 4 is 119 Å². The van der Waals surface area contributed by atoms with E-state index in [1.807, 2.05) is 24.3 Å². The molecule has 0 atom stereocenters. The third-order valence-corrected chi connectivity index (χ3v) is 6.69. The lowest BCUT2D eigenvalue weighted by Crippen LogP contribution is -2.11. The number of carbonyl (C=O) groups is 2. The van der Waals surface area contributed by atoms with Gasteiger partial charge in [-0.25, -0.2) is 0 Å². The molecule has 0 aliphatic heterocycles. The first-order valence-corrected chi connectivity index (χ1v) is 13.8. The van der Waals surface area contributed by atoms with Crippen LogP contribution in [0.1, 0.15) is 26.3 Å². The molecule has 1 amide bonds. The summed E-state index contributed by atoms with van der Waals surface area (Å²) in [5, 5.41) is 9.47. The lowest BCUT2D eigenvalue weighted by atomic mass is 10.2. The van der Waals surface area contributed by atoms with Gasteiger partial charge in [0, 0.05) is 56.3 Å². The maximum atomic E-state index is 11.8. The average Bonchev–Trinajstić information content (AvgIpc) is 2.93. The van der Waals surface area contributed by atoms with Crippen LogP contribution in [-0.2, 0) is 3.07 Å². The van der Waals surface area contributed by atoms with Crippen LogP contribution in [0.4, 0.5) is 34.9 Å². The van der Waals surface area contributed by atoms with Gasteiger partial charge >= 0.3 is 0 Å². The predicted molar refractivity (Wildman–Crippen MR) is 173 cm³/mol. The molecule has 4 aromatic rings. The number of halogens is 3. The Morgan fingerprint density at radius 1 is 0.658 bits per heavy atom. The minimum absolute atomic E-state index is 0.0473. The van der Waals surface area contributed by atoms with Crippen LogP contribution in [0, 0.1) is 0 Å². The Labute approximate surface area is 259 Å². The molecule has 0 radical (unpaired) electrons. The molecule has 1 heterocycles. The zero-order valence-electron chi connectivity index (χ0n) is 19.3. The molecule has 3 aromatic carbocycles. The maximum absolute atomic E-state index is 11.8. The fourth-order valence-corrected chi connectivity index (χ4v) is 4.08. The van der Waals surface area contributed by atoms with Crippen molar-refractivity contribution in [3.05, 3.63) is 96.1 Å². The van der Waals surface area contributed by atoms with Crippen LogP contribution >= 0.6 is 68.5 Å². The van der Waals surface area contributed by atoms with E-state index in [1.165, 1.54) is 0 Å². The summed E-state index contributed by atoms with van der Waals surface area (Å²) in [6.45, 7) is 3.85. The van der Waals surface area contributed by atoms with Crippen LogP contribution in [0.5, 0.6) is 0 Å². The van der Waals surface area contributed by atoms with Gasteiger partial charge in [0.15, 0.2) is 23.0 Å². The molecule has 0 unspecified atom stereocenters. The number of rotatable bonds is 10. The summed E-state index contributed by atoms with van der Waals surface area (Å²) in [7, 11) is 0. The van der Waals surface area contributed by atoms with E-state index in [0.29, 0.717) is 34.2 Å². The van der Waals surface area contributed by atoms with E-state index in [1.54, 1.807) is 117 Å². The highest BCUT2D eigenvalue weighted by Crippen LogP contribution is 2.24. The van der Waals surface area contributed by atoms with Crippen molar-refractivity contribution < 1.29 is 12.7 Å². The summed E-state index contributed by atoms with van der Waals surface area (Å²) in [5.41, 5.74) is 4.10. The quantitative estimate of drug-likeness (QED) is 0.0573. The van der Waals surface area contributed by atoms with E-state index < -0.39 is 0 Å². The molecule has 0 aliphatic rings. The summed E-state index contributed by atoms with van der Waals surface area (Å²) in [6.07, 6.45) is 0. The van der Waals surface area contributed by atoms with Gasteiger partial charge in [-0.2, -0.15) is 15.0 Å². The van der Waals surface area contributed by atoms with Gasteiger partial charge in [-0.1, -0.05) is 6.58 Å². The Bertz CT molecular complexity index is 1390. The topological polar surface area (TPSA) is 130 Å². The summed E-state index contributed by atoms with van der Waals surface area (Å²) >= 11 is 5.33. The highest BCUT2D eigenvalue weighted by Gasteiger charge is 2.10. The molecular formula is C25H18I3N7O3. The lowest BCUT2D eigenvalue weighted by molar-refractivity contribution is 0.0989. The fraction of sp³-hybridized carbons (Fsp3) is 0. The Balaban J connectivity index is 1.61. The molecule has 0 saturated heterocycles. The van der Waals surface area contributed by atoms with E-state index in [0.717, 1.165) is 11.3 Å². The molecule has 192 valence electrons. The van der Waals surface area contributed by atoms with Gasteiger partial charge in [0.25, 0.3) is 5.91 Å². The Kier molecular flexibility index (Phi) is 9.67. The number of hydrogen-bond donors (Lipinski definition) is 4. The largest absolute Gasteiger partial charge is 0.428 e. The number of hydrogen-bond acceptors (Lipinski definition) is 9. The highest BCUT2D eigenvalue weighted by molar-refractivity contribution is 14.1. The number of aromatic nitrogens is 3. The highest BCUT2D eigenvalue weighted by atomic mass is 127. The Hall–Kier alpha value is -3.06. The molecule has 0 fully saturated rings. The molecule has 4 rings (SSSR count). The summed E-state index contributed by atoms with van der Waals surface area (Å²) in [5.74, 6) is 1.21. The first-order chi connectivity index (χ1) is 18.3. The number of amides is 1. The van der Waals surface area contributed by atoms with Gasteiger partial charge in [0.1, 0.15) is 5.76 Å². The summed E-state index contributed by atoms with van der Waals surface area (Å²) in [6, 6.07) is 21.3. The normalized spacial score (nSPS) is 10.3. The number of nitrogens with one attached hydrogen (secondary N) is 4. The van der Waals surface area contributed by atoms with Crippen LogP contribution in [-0.4, -0.2) is 24.6 Å². The van der Waals surface area contributed by atoms with E-state index in [-0.39, 0.29) is 21.6 Å². The van der Waals surface area contributed by atoms with Gasteiger partial charge in [-0.05, 0) is 72.8 Å². The van der Waals surface area contributed by atoms with E-state index >= 15 is 0 Å².